The minimum absolute atomic E-state index is 0.302. The molecule has 2 aromatic rings. The third kappa shape index (κ3) is 2.62. The molecule has 1 aromatic carbocycles. The van der Waals surface area contributed by atoms with Crippen molar-refractivity contribution in [2.24, 2.45) is 5.92 Å². The molecule has 0 atom stereocenters. The molecule has 1 aliphatic carbocycles. The third-order valence-corrected chi connectivity index (χ3v) is 3.84. The first-order chi connectivity index (χ1) is 9.13. The van der Waals surface area contributed by atoms with Crippen molar-refractivity contribution in [3.05, 3.63) is 58.9 Å². The molecule has 1 aromatic heterocycles. The van der Waals surface area contributed by atoms with Crippen molar-refractivity contribution in [1.29, 1.82) is 0 Å². The van der Waals surface area contributed by atoms with Gasteiger partial charge in [0, 0.05) is 30.4 Å². The normalized spacial score (nSPS) is 14.6. The quantitative estimate of drug-likeness (QED) is 0.761. The highest BCUT2D eigenvalue weighted by molar-refractivity contribution is 5.99. The van der Waals surface area contributed by atoms with E-state index >= 15 is 0 Å². The van der Waals surface area contributed by atoms with Gasteiger partial charge in [-0.3, -0.25) is 4.79 Å². The minimum Gasteiger partial charge on any atom is -0.349 e. The van der Waals surface area contributed by atoms with Crippen LogP contribution in [0.25, 0.3) is 0 Å². The van der Waals surface area contributed by atoms with Crippen LogP contribution in [0.1, 0.15) is 39.9 Å². The summed E-state index contributed by atoms with van der Waals surface area (Å²) in [7, 11) is 0. The molecule has 1 saturated carbocycles. The Kier molecular flexibility index (Phi) is 3.02. The Balaban J connectivity index is 1.79. The van der Waals surface area contributed by atoms with Gasteiger partial charge in [0.15, 0.2) is 5.78 Å². The fourth-order valence-electron chi connectivity index (χ4n) is 2.43. The molecule has 0 spiro atoms. The van der Waals surface area contributed by atoms with Crippen LogP contribution in [0.3, 0.4) is 0 Å². The first-order valence-electron chi connectivity index (χ1n) is 6.89. The molecule has 98 valence electrons. The minimum atomic E-state index is 0.302. The standard InChI is InChI=1S/C17H19NO/c1-12-3-4-13(2)16(9-12)11-18-8-7-15(10-18)17(19)14-5-6-14/h3-4,7-10,14H,5-6,11H2,1-2H3. The Labute approximate surface area is 114 Å². The SMILES string of the molecule is Cc1ccc(C)c(Cn2ccc(C(=O)C3CC3)c2)c1. The molecule has 2 nitrogen and oxygen atoms in total. The van der Waals surface area contributed by atoms with Gasteiger partial charge in [0.05, 0.1) is 0 Å². The Bertz CT molecular complexity index is 620. The summed E-state index contributed by atoms with van der Waals surface area (Å²) >= 11 is 0. The monoisotopic (exact) mass is 253 g/mol. The maximum atomic E-state index is 12.0. The highest BCUT2D eigenvalue weighted by Gasteiger charge is 2.30. The lowest BCUT2D eigenvalue weighted by Crippen LogP contribution is -2.02. The van der Waals surface area contributed by atoms with E-state index < -0.39 is 0 Å². The average molecular weight is 253 g/mol. The molecule has 0 unspecified atom stereocenters. The summed E-state index contributed by atoms with van der Waals surface area (Å²) in [5, 5.41) is 0. The molecular weight excluding hydrogens is 234 g/mol. The van der Waals surface area contributed by atoms with Gasteiger partial charge in [-0.15, -0.1) is 0 Å². The first kappa shape index (κ1) is 12.2. The van der Waals surface area contributed by atoms with Crippen LogP contribution in [-0.4, -0.2) is 10.4 Å². The third-order valence-electron chi connectivity index (χ3n) is 3.84. The highest BCUT2D eigenvalue weighted by Crippen LogP contribution is 2.32. The number of aromatic nitrogens is 1. The molecule has 2 heteroatoms. The molecule has 0 saturated heterocycles. The maximum absolute atomic E-state index is 12.0. The number of carbonyl (C=O) groups is 1. The summed E-state index contributed by atoms with van der Waals surface area (Å²) < 4.78 is 2.11. The number of Topliss-reactive ketones (excluding diaryl/α,β-unsaturated/α-hetero) is 1. The van der Waals surface area contributed by atoms with Crippen LogP contribution < -0.4 is 0 Å². The Morgan fingerprint density at radius 3 is 2.79 bits per heavy atom. The molecule has 1 fully saturated rings. The molecule has 0 bridgehead atoms. The molecule has 0 aliphatic heterocycles. The summed E-state index contributed by atoms with van der Waals surface area (Å²) in [6.45, 7) is 5.08. The number of benzene rings is 1. The molecule has 3 rings (SSSR count). The highest BCUT2D eigenvalue weighted by atomic mass is 16.1. The number of carbonyl (C=O) groups excluding carboxylic acids is 1. The van der Waals surface area contributed by atoms with Gasteiger partial charge in [0.25, 0.3) is 0 Å². The molecule has 1 aliphatic rings. The van der Waals surface area contributed by atoms with Crippen LogP contribution in [0.4, 0.5) is 0 Å². The van der Waals surface area contributed by atoms with Gasteiger partial charge in [0.1, 0.15) is 0 Å². The zero-order valence-corrected chi connectivity index (χ0v) is 11.5. The van der Waals surface area contributed by atoms with Crippen LogP contribution in [0, 0.1) is 19.8 Å². The number of ketones is 1. The summed E-state index contributed by atoms with van der Waals surface area (Å²) in [6, 6.07) is 8.46. The fraction of sp³-hybridized carbons (Fsp3) is 0.353. The van der Waals surface area contributed by atoms with Crippen LogP contribution >= 0.6 is 0 Å². The van der Waals surface area contributed by atoms with Gasteiger partial charge in [0.2, 0.25) is 0 Å². The topological polar surface area (TPSA) is 22.0 Å². The fourth-order valence-corrected chi connectivity index (χ4v) is 2.43. The average Bonchev–Trinajstić information content (AvgIpc) is 3.13. The smallest absolute Gasteiger partial charge is 0.167 e. The van der Waals surface area contributed by atoms with E-state index in [1.54, 1.807) is 0 Å². The molecule has 0 amide bonds. The van der Waals surface area contributed by atoms with Crippen molar-refractivity contribution in [3.63, 3.8) is 0 Å². The van der Waals surface area contributed by atoms with E-state index in [-0.39, 0.29) is 0 Å². The second kappa shape index (κ2) is 4.69. The second-order valence-corrected chi connectivity index (χ2v) is 5.64. The van der Waals surface area contributed by atoms with E-state index in [2.05, 4.69) is 36.6 Å². The lowest BCUT2D eigenvalue weighted by molar-refractivity contribution is 0.0967. The lowest BCUT2D eigenvalue weighted by Gasteiger charge is -2.08. The lowest BCUT2D eigenvalue weighted by atomic mass is 10.1. The summed E-state index contributed by atoms with van der Waals surface area (Å²) in [5.74, 6) is 0.622. The van der Waals surface area contributed by atoms with Gasteiger partial charge < -0.3 is 4.57 Å². The van der Waals surface area contributed by atoms with Gasteiger partial charge >= 0.3 is 0 Å². The molecule has 0 radical (unpaired) electrons. The van der Waals surface area contributed by atoms with Gasteiger partial charge in [-0.25, -0.2) is 0 Å². The predicted molar refractivity (Wildman–Crippen MR) is 76.5 cm³/mol. The van der Waals surface area contributed by atoms with E-state index in [1.807, 2.05) is 18.5 Å². The van der Waals surface area contributed by atoms with E-state index in [0.29, 0.717) is 11.7 Å². The van der Waals surface area contributed by atoms with E-state index in [4.69, 9.17) is 0 Å². The van der Waals surface area contributed by atoms with Crippen LogP contribution in [-0.2, 0) is 6.54 Å². The Morgan fingerprint density at radius 2 is 2.05 bits per heavy atom. The van der Waals surface area contributed by atoms with Crippen LogP contribution in [0.15, 0.2) is 36.7 Å². The number of hydrogen-bond acceptors (Lipinski definition) is 1. The number of hydrogen-bond donors (Lipinski definition) is 0. The summed E-state index contributed by atoms with van der Waals surface area (Å²) in [4.78, 5) is 12.0. The first-order valence-corrected chi connectivity index (χ1v) is 6.89. The Hall–Kier alpha value is -1.83. The van der Waals surface area contributed by atoms with E-state index in [9.17, 15) is 4.79 Å². The molecule has 19 heavy (non-hydrogen) atoms. The van der Waals surface area contributed by atoms with Gasteiger partial charge in [-0.05, 0) is 43.9 Å². The van der Waals surface area contributed by atoms with E-state index in [1.165, 1.54) is 16.7 Å². The summed E-state index contributed by atoms with van der Waals surface area (Å²) in [6.07, 6.45) is 6.14. The van der Waals surface area contributed by atoms with Crippen molar-refractivity contribution in [2.45, 2.75) is 33.2 Å². The van der Waals surface area contributed by atoms with Gasteiger partial charge in [-0.2, -0.15) is 0 Å². The summed E-state index contributed by atoms with van der Waals surface area (Å²) in [5.41, 5.74) is 4.77. The zero-order chi connectivity index (χ0) is 13.4. The molecular formula is C17H19NO. The molecule has 1 heterocycles. The Morgan fingerprint density at radius 1 is 1.26 bits per heavy atom. The zero-order valence-electron chi connectivity index (χ0n) is 11.5. The van der Waals surface area contributed by atoms with Crippen molar-refractivity contribution < 1.29 is 4.79 Å². The van der Waals surface area contributed by atoms with Crippen molar-refractivity contribution in [1.82, 2.24) is 4.57 Å². The van der Waals surface area contributed by atoms with Crippen LogP contribution in [0.2, 0.25) is 0 Å². The van der Waals surface area contributed by atoms with Crippen molar-refractivity contribution >= 4 is 5.78 Å². The van der Waals surface area contributed by atoms with Crippen LogP contribution in [0.5, 0.6) is 0 Å². The largest absolute Gasteiger partial charge is 0.349 e. The number of nitrogens with zero attached hydrogens (tertiary/aromatic N) is 1. The van der Waals surface area contributed by atoms with Gasteiger partial charge in [-0.1, -0.05) is 23.8 Å². The van der Waals surface area contributed by atoms with E-state index in [0.717, 1.165) is 24.9 Å². The predicted octanol–water partition coefficient (Wildman–Crippen LogP) is 3.75. The molecule has 0 N–H and O–H groups in total. The van der Waals surface area contributed by atoms with Crippen molar-refractivity contribution in [2.75, 3.05) is 0 Å². The van der Waals surface area contributed by atoms with Crippen molar-refractivity contribution in [3.8, 4) is 0 Å². The number of aryl methyl sites for hydroxylation is 2. The maximum Gasteiger partial charge on any atom is 0.167 e. The second-order valence-electron chi connectivity index (χ2n) is 5.64. The number of rotatable bonds is 4.